The van der Waals surface area contributed by atoms with Gasteiger partial charge in [0.2, 0.25) is 11.8 Å². The van der Waals surface area contributed by atoms with E-state index in [0.717, 1.165) is 23.5 Å². The third-order valence-electron chi connectivity index (χ3n) is 10.3. The number of benzene rings is 1. The zero-order valence-electron chi connectivity index (χ0n) is 25.1. The molecule has 2 heterocycles. The van der Waals surface area contributed by atoms with Crippen LogP contribution in [0.15, 0.2) is 50.3 Å². The Bertz CT molecular complexity index is 1420. The normalized spacial score (nSPS) is 26.6. The second-order valence-electron chi connectivity index (χ2n) is 12.8. The standard InChI is InChI=1S/C31H38N4O7S2/c1-30(2)19-10-11-31(30,3)25(16-19)42-29(39)23-6-4-12-35(23)28(38)22(17-44-26-7-5-13-43-26)32-27(37)24(36)15-18-8-9-20(33-40)21(14-18)34-41/h5,7-9,13-14,19,22-25,36H,4,6,10-12,15-17H2,1-3H3,(H,32,37). The highest BCUT2D eigenvalue weighted by atomic mass is 32.2. The van der Waals surface area contributed by atoms with Crippen molar-refractivity contribution in [3.05, 3.63) is 51.1 Å². The summed E-state index contributed by atoms with van der Waals surface area (Å²) in [4.78, 5) is 64.1. The lowest BCUT2D eigenvalue weighted by Gasteiger charge is -2.39. The van der Waals surface area contributed by atoms with Crippen molar-refractivity contribution in [2.24, 2.45) is 27.1 Å². The van der Waals surface area contributed by atoms with Gasteiger partial charge in [0.1, 0.15) is 35.7 Å². The fourth-order valence-electron chi connectivity index (χ4n) is 7.12. The van der Waals surface area contributed by atoms with Crippen LogP contribution in [-0.4, -0.2) is 64.4 Å². The van der Waals surface area contributed by atoms with Gasteiger partial charge in [-0.15, -0.1) is 32.9 Å². The highest BCUT2D eigenvalue weighted by Crippen LogP contribution is 2.66. The molecule has 13 heteroatoms. The van der Waals surface area contributed by atoms with Crippen molar-refractivity contribution >= 4 is 52.3 Å². The van der Waals surface area contributed by atoms with Crippen LogP contribution in [0.5, 0.6) is 0 Å². The maximum Gasteiger partial charge on any atom is 0.329 e. The third-order valence-corrected chi connectivity index (χ3v) is 12.5. The number of nitrogens with one attached hydrogen (secondary N) is 1. The van der Waals surface area contributed by atoms with Crippen LogP contribution < -0.4 is 5.32 Å². The number of thioether (sulfide) groups is 1. The molecule has 6 atom stereocenters. The van der Waals surface area contributed by atoms with Crippen molar-refractivity contribution in [1.82, 2.24) is 10.2 Å². The SMILES string of the molecule is CC1(C)C2CCC1(C)C(OC(=O)C1CCCN1C(=O)C(CSc1cccs1)NC(=O)C(O)Cc1ccc(N=O)c(N=O)c1)C2. The molecule has 236 valence electrons. The number of fused-ring (bicyclic) bond motifs is 2. The van der Waals surface area contributed by atoms with Gasteiger partial charge in [-0.1, -0.05) is 32.9 Å². The van der Waals surface area contributed by atoms with E-state index in [9.17, 15) is 29.3 Å². The van der Waals surface area contributed by atoms with Gasteiger partial charge in [0.25, 0.3) is 0 Å². The van der Waals surface area contributed by atoms with Crippen LogP contribution in [0.2, 0.25) is 0 Å². The van der Waals surface area contributed by atoms with Crippen molar-refractivity contribution in [3.63, 3.8) is 0 Å². The number of thiophene rings is 1. The first-order chi connectivity index (χ1) is 21.0. The van der Waals surface area contributed by atoms with Crippen molar-refractivity contribution in [2.45, 2.75) is 87.8 Å². The molecule has 44 heavy (non-hydrogen) atoms. The Morgan fingerprint density at radius 2 is 1.93 bits per heavy atom. The van der Waals surface area contributed by atoms with Gasteiger partial charge in [0, 0.05) is 24.1 Å². The third kappa shape index (κ3) is 6.18. The Morgan fingerprint density at radius 1 is 1.16 bits per heavy atom. The molecule has 5 rings (SSSR count). The molecule has 1 aromatic heterocycles. The number of likely N-dealkylation sites (tertiary alicyclic amines) is 1. The summed E-state index contributed by atoms with van der Waals surface area (Å²) >= 11 is 2.91. The lowest BCUT2D eigenvalue weighted by molar-refractivity contribution is -0.165. The number of amides is 2. The molecular weight excluding hydrogens is 604 g/mol. The number of aliphatic hydroxyl groups is 1. The minimum absolute atomic E-state index is 0.0804. The molecule has 6 unspecified atom stereocenters. The van der Waals surface area contributed by atoms with Crippen LogP contribution in [0.1, 0.15) is 58.4 Å². The highest BCUT2D eigenvalue weighted by molar-refractivity contribution is 8.01. The fraction of sp³-hybridized carbons (Fsp3) is 0.581. The summed E-state index contributed by atoms with van der Waals surface area (Å²) in [7, 11) is 0. The molecule has 2 N–H and O–H groups in total. The predicted octanol–water partition coefficient (Wildman–Crippen LogP) is 5.47. The van der Waals surface area contributed by atoms with Crippen LogP contribution in [0.25, 0.3) is 0 Å². The molecule has 2 bridgehead atoms. The Balaban J connectivity index is 1.27. The Kier molecular flexibility index (Phi) is 9.57. The number of rotatable bonds is 12. The number of nitrogens with zero attached hydrogens (tertiary/aromatic N) is 3. The fourth-order valence-corrected chi connectivity index (χ4v) is 8.94. The molecule has 2 aliphatic carbocycles. The van der Waals surface area contributed by atoms with E-state index in [1.54, 1.807) is 0 Å². The van der Waals surface area contributed by atoms with Crippen LogP contribution in [0.3, 0.4) is 0 Å². The van der Waals surface area contributed by atoms with Crippen LogP contribution in [0, 0.1) is 26.6 Å². The summed E-state index contributed by atoms with van der Waals surface area (Å²) in [5, 5.41) is 20.8. The Hall–Kier alpha value is -3.16. The lowest BCUT2D eigenvalue weighted by Crippen LogP contribution is -2.55. The minimum atomic E-state index is -1.55. The van der Waals surface area contributed by atoms with Gasteiger partial charge in [-0.05, 0) is 82.9 Å². The van der Waals surface area contributed by atoms with E-state index in [1.165, 1.54) is 46.2 Å². The number of hydrogen-bond donors (Lipinski definition) is 2. The van der Waals surface area contributed by atoms with E-state index in [2.05, 4.69) is 36.4 Å². The average molecular weight is 643 g/mol. The van der Waals surface area contributed by atoms with Crippen molar-refractivity contribution < 1.29 is 24.2 Å². The molecule has 1 aliphatic heterocycles. The van der Waals surface area contributed by atoms with Gasteiger partial charge in [-0.25, -0.2) is 4.79 Å². The van der Waals surface area contributed by atoms with Gasteiger partial charge in [0.05, 0.1) is 4.21 Å². The zero-order chi connectivity index (χ0) is 31.6. The topological polar surface area (TPSA) is 155 Å². The van der Waals surface area contributed by atoms with Crippen molar-refractivity contribution in [3.8, 4) is 0 Å². The maximum atomic E-state index is 13.9. The summed E-state index contributed by atoms with van der Waals surface area (Å²) in [5.41, 5.74) is 0.0378. The van der Waals surface area contributed by atoms with E-state index in [4.69, 9.17) is 4.74 Å². The monoisotopic (exact) mass is 642 g/mol. The zero-order valence-corrected chi connectivity index (χ0v) is 26.7. The summed E-state index contributed by atoms with van der Waals surface area (Å²) in [6.45, 7) is 7.09. The second kappa shape index (κ2) is 13.1. The van der Waals surface area contributed by atoms with E-state index < -0.39 is 36.0 Å². The molecular formula is C31H38N4O7S2. The van der Waals surface area contributed by atoms with Gasteiger partial charge in [0.15, 0.2) is 0 Å². The van der Waals surface area contributed by atoms with Gasteiger partial charge in [-0.2, -0.15) is 0 Å². The number of esters is 1. The molecule has 1 aromatic carbocycles. The summed E-state index contributed by atoms with van der Waals surface area (Å²) in [5.74, 6) is -0.862. The van der Waals surface area contributed by atoms with E-state index in [0.29, 0.717) is 30.9 Å². The summed E-state index contributed by atoms with van der Waals surface area (Å²) < 4.78 is 7.11. The lowest BCUT2D eigenvalue weighted by atomic mass is 9.70. The Labute approximate surface area is 264 Å². The van der Waals surface area contributed by atoms with Gasteiger partial charge < -0.3 is 20.1 Å². The van der Waals surface area contributed by atoms with Gasteiger partial charge in [-0.3, -0.25) is 9.59 Å². The number of ether oxygens (including phenoxy) is 1. The number of aliphatic hydroxyl groups excluding tert-OH is 1. The first kappa shape index (κ1) is 32.2. The number of nitroso groups, excluding NO2 is 2. The number of carbonyl (C=O) groups is 3. The van der Waals surface area contributed by atoms with Crippen LogP contribution in [0.4, 0.5) is 11.4 Å². The smallest absolute Gasteiger partial charge is 0.329 e. The first-order valence-electron chi connectivity index (χ1n) is 14.9. The average Bonchev–Trinajstić information content (AvgIpc) is 3.78. The molecule has 11 nitrogen and oxygen atoms in total. The van der Waals surface area contributed by atoms with Crippen molar-refractivity contribution in [1.29, 1.82) is 0 Å². The van der Waals surface area contributed by atoms with Crippen LogP contribution in [-0.2, 0) is 25.5 Å². The summed E-state index contributed by atoms with van der Waals surface area (Å²) in [6.07, 6.45) is 2.20. The first-order valence-corrected chi connectivity index (χ1v) is 16.8. The molecule has 3 fully saturated rings. The number of carbonyl (C=O) groups excluding carboxylic acids is 3. The summed E-state index contributed by atoms with van der Waals surface area (Å²) in [6, 6.07) is 6.11. The van der Waals surface area contributed by atoms with E-state index >= 15 is 0 Å². The molecule has 3 aliphatic rings. The molecule has 0 radical (unpaired) electrons. The highest BCUT2D eigenvalue weighted by Gasteiger charge is 2.63. The maximum absolute atomic E-state index is 13.9. The quantitative estimate of drug-likeness (QED) is 0.175. The van der Waals surface area contributed by atoms with Crippen molar-refractivity contribution in [2.75, 3.05) is 12.3 Å². The van der Waals surface area contributed by atoms with E-state index in [-0.39, 0.29) is 40.5 Å². The Morgan fingerprint density at radius 3 is 2.57 bits per heavy atom. The van der Waals surface area contributed by atoms with Gasteiger partial charge >= 0.3 is 5.97 Å². The number of hydrogen-bond acceptors (Lipinski definition) is 11. The molecule has 2 saturated carbocycles. The predicted molar refractivity (Wildman–Crippen MR) is 168 cm³/mol. The van der Waals surface area contributed by atoms with Crippen LogP contribution >= 0.6 is 23.1 Å². The molecule has 1 saturated heterocycles. The largest absolute Gasteiger partial charge is 0.460 e. The minimum Gasteiger partial charge on any atom is -0.460 e. The molecule has 2 aromatic rings. The molecule has 0 spiro atoms. The molecule has 2 amide bonds. The van der Waals surface area contributed by atoms with E-state index in [1.807, 2.05) is 17.5 Å². The second-order valence-corrected chi connectivity index (χ2v) is 15.0.